The summed E-state index contributed by atoms with van der Waals surface area (Å²) >= 11 is 0. The third-order valence-corrected chi connectivity index (χ3v) is 6.49. The third-order valence-electron chi connectivity index (χ3n) is 6.49. The van der Waals surface area contributed by atoms with Gasteiger partial charge in [-0.1, -0.05) is 0 Å². The number of nitrogens with two attached hydrogens (primary N) is 1. The topological polar surface area (TPSA) is 128 Å². The molecule has 38 heavy (non-hydrogen) atoms. The maximum atomic E-state index is 14.0. The lowest BCUT2D eigenvalue weighted by Crippen LogP contribution is -2.45. The van der Waals surface area contributed by atoms with E-state index in [2.05, 4.69) is 20.5 Å². The van der Waals surface area contributed by atoms with E-state index in [-0.39, 0.29) is 18.2 Å². The van der Waals surface area contributed by atoms with Crippen molar-refractivity contribution >= 4 is 39.4 Å². The minimum absolute atomic E-state index is 0.105. The van der Waals surface area contributed by atoms with E-state index in [0.717, 1.165) is 11.1 Å². The molecule has 1 fully saturated rings. The third kappa shape index (κ3) is 4.72. The number of nitrogens with one attached hydrogen (secondary N) is 1. The molecule has 3 aromatic heterocycles. The number of aromatic nitrogens is 4. The van der Waals surface area contributed by atoms with Crippen molar-refractivity contribution in [1.29, 1.82) is 0 Å². The Morgan fingerprint density at radius 1 is 1.24 bits per heavy atom. The van der Waals surface area contributed by atoms with Gasteiger partial charge in [-0.05, 0) is 36.2 Å². The first-order valence-corrected chi connectivity index (χ1v) is 11.8. The fourth-order valence-corrected chi connectivity index (χ4v) is 4.67. The van der Waals surface area contributed by atoms with Gasteiger partial charge in [-0.3, -0.25) is 24.7 Å². The molecule has 1 unspecified atom stereocenters. The molecule has 0 radical (unpaired) electrons. The molecule has 2 amide bonds. The van der Waals surface area contributed by atoms with Crippen molar-refractivity contribution in [2.75, 3.05) is 18.9 Å². The lowest BCUT2D eigenvalue weighted by Gasteiger charge is -2.25. The first-order valence-electron chi connectivity index (χ1n) is 11.8. The predicted molar refractivity (Wildman–Crippen MR) is 132 cm³/mol. The van der Waals surface area contributed by atoms with Gasteiger partial charge in [0.25, 0.3) is 5.91 Å². The average Bonchev–Trinajstić information content (AvgIpc) is 3.53. The van der Waals surface area contributed by atoms with Crippen molar-refractivity contribution in [3.63, 3.8) is 0 Å². The van der Waals surface area contributed by atoms with Gasteiger partial charge in [0.15, 0.2) is 0 Å². The number of amides is 2. The Bertz CT molecular complexity index is 1540. The van der Waals surface area contributed by atoms with Crippen LogP contribution < -0.4 is 11.2 Å². The van der Waals surface area contributed by atoms with Crippen molar-refractivity contribution in [3.05, 3.63) is 59.0 Å². The number of carbonyl (C=O) groups excluding carboxylic acids is 2. The van der Waals surface area contributed by atoms with E-state index in [1.165, 1.54) is 13.0 Å². The highest BCUT2D eigenvalue weighted by atomic mass is 19.4. The molecule has 198 valence electrons. The lowest BCUT2D eigenvalue weighted by molar-refractivity contribution is -0.137. The van der Waals surface area contributed by atoms with Gasteiger partial charge in [0, 0.05) is 43.6 Å². The zero-order valence-electron chi connectivity index (χ0n) is 20.5. The van der Waals surface area contributed by atoms with Crippen LogP contribution >= 0.6 is 0 Å². The van der Waals surface area contributed by atoms with Gasteiger partial charge in [0.1, 0.15) is 5.82 Å². The van der Waals surface area contributed by atoms with E-state index < -0.39 is 23.6 Å². The Balaban J connectivity index is 1.61. The van der Waals surface area contributed by atoms with E-state index >= 15 is 0 Å². The van der Waals surface area contributed by atoms with Gasteiger partial charge < -0.3 is 10.5 Å². The minimum atomic E-state index is -4.55. The summed E-state index contributed by atoms with van der Waals surface area (Å²) < 4.78 is 46.1. The Morgan fingerprint density at radius 3 is 2.66 bits per heavy atom. The van der Waals surface area contributed by atoms with Crippen molar-refractivity contribution in [1.82, 2.24) is 30.2 Å². The molecule has 1 aliphatic rings. The highest BCUT2D eigenvalue weighted by Crippen LogP contribution is 2.35. The molecule has 1 atom stereocenters. The summed E-state index contributed by atoms with van der Waals surface area (Å²) in [6, 6.07) is 5.54. The number of hydrogen-bond donors (Lipinski definition) is 2. The SMILES string of the molecule is CC(=O)NN(Cc1ccc(C(F)(F)F)cn1)C(=O)c1cc2c(cc1C1CCOC1)nc(N)c1cnn(C)c12. The van der Waals surface area contributed by atoms with Gasteiger partial charge in [0.05, 0.1) is 47.0 Å². The number of hydrogen-bond acceptors (Lipinski definition) is 7. The number of halogens is 3. The maximum Gasteiger partial charge on any atom is 0.417 e. The second kappa shape index (κ2) is 9.56. The van der Waals surface area contributed by atoms with Crippen LogP contribution in [0.15, 0.2) is 36.7 Å². The minimum Gasteiger partial charge on any atom is -0.383 e. The largest absolute Gasteiger partial charge is 0.417 e. The van der Waals surface area contributed by atoms with Crippen LogP contribution in [0.3, 0.4) is 0 Å². The molecule has 0 bridgehead atoms. The highest BCUT2D eigenvalue weighted by Gasteiger charge is 2.31. The summed E-state index contributed by atoms with van der Waals surface area (Å²) in [5.74, 6) is -0.883. The molecule has 3 N–H and O–H groups in total. The highest BCUT2D eigenvalue weighted by molar-refractivity contribution is 6.11. The maximum absolute atomic E-state index is 14.0. The van der Waals surface area contributed by atoms with E-state index in [4.69, 9.17) is 10.5 Å². The summed E-state index contributed by atoms with van der Waals surface area (Å²) in [7, 11) is 1.75. The van der Waals surface area contributed by atoms with Gasteiger partial charge in [-0.15, -0.1) is 0 Å². The Labute approximate surface area is 214 Å². The molecular weight excluding hydrogens is 503 g/mol. The number of fused-ring (bicyclic) bond motifs is 3. The first kappa shape index (κ1) is 25.4. The van der Waals surface area contributed by atoms with Crippen LogP contribution in [0.4, 0.5) is 19.0 Å². The summed E-state index contributed by atoms with van der Waals surface area (Å²) in [6.45, 7) is 1.90. The van der Waals surface area contributed by atoms with Crippen molar-refractivity contribution in [2.24, 2.45) is 7.05 Å². The zero-order chi connectivity index (χ0) is 27.2. The van der Waals surface area contributed by atoms with E-state index in [1.54, 1.807) is 30.1 Å². The number of nitrogen functional groups attached to an aromatic ring is 1. The first-order chi connectivity index (χ1) is 18.0. The van der Waals surface area contributed by atoms with Crippen LogP contribution in [0.5, 0.6) is 0 Å². The molecule has 1 saturated heterocycles. The summed E-state index contributed by atoms with van der Waals surface area (Å²) in [6.07, 6.45) is -1.58. The lowest BCUT2D eigenvalue weighted by atomic mass is 9.91. The number of hydrazine groups is 1. The monoisotopic (exact) mass is 527 g/mol. The summed E-state index contributed by atoms with van der Waals surface area (Å²) in [4.78, 5) is 34.3. The Morgan fingerprint density at radius 2 is 2.03 bits per heavy atom. The van der Waals surface area contributed by atoms with Crippen LogP contribution in [-0.2, 0) is 29.3 Å². The van der Waals surface area contributed by atoms with E-state index in [1.807, 2.05) is 0 Å². The molecule has 0 aliphatic carbocycles. The second-order valence-electron chi connectivity index (χ2n) is 9.14. The number of nitrogens with zero attached hydrogens (tertiary/aromatic N) is 5. The number of rotatable bonds is 4. The van der Waals surface area contributed by atoms with Crippen LogP contribution in [-0.4, -0.2) is 49.8 Å². The molecule has 1 aliphatic heterocycles. The van der Waals surface area contributed by atoms with E-state index in [9.17, 15) is 22.8 Å². The number of aryl methyl sites for hydroxylation is 1. The number of anilines is 1. The number of pyridine rings is 2. The molecule has 13 heteroatoms. The van der Waals surface area contributed by atoms with Gasteiger partial charge in [0.2, 0.25) is 5.91 Å². The van der Waals surface area contributed by atoms with Crippen LogP contribution in [0.2, 0.25) is 0 Å². The van der Waals surface area contributed by atoms with E-state index in [0.29, 0.717) is 64.6 Å². The quantitative estimate of drug-likeness (QED) is 0.390. The number of carbonyl (C=O) groups is 2. The van der Waals surface area contributed by atoms with Crippen molar-refractivity contribution in [2.45, 2.75) is 32.0 Å². The fraction of sp³-hybridized carbons (Fsp3) is 0.320. The standard InChI is InChI=1S/C25H24F3N7O3/c1-13(36)33-35(11-16-4-3-15(9-30-16)25(26,27)28)24(37)18-7-19-21(8-17(18)14-5-6-38-12-14)32-23(29)20-10-31-34(2)22(19)20/h3-4,7-10,14H,5-6,11-12H2,1-2H3,(H2,29,32)(H,33,36). The molecule has 0 saturated carbocycles. The van der Waals surface area contributed by atoms with Crippen molar-refractivity contribution in [3.8, 4) is 0 Å². The molecule has 4 aromatic rings. The van der Waals surface area contributed by atoms with Crippen LogP contribution in [0.1, 0.15) is 46.4 Å². The molecule has 10 nitrogen and oxygen atoms in total. The van der Waals surface area contributed by atoms with Gasteiger partial charge in [-0.2, -0.15) is 18.3 Å². The molecule has 0 spiro atoms. The Kier molecular flexibility index (Phi) is 6.39. The smallest absolute Gasteiger partial charge is 0.383 e. The second-order valence-corrected chi connectivity index (χ2v) is 9.14. The molecule has 4 heterocycles. The van der Waals surface area contributed by atoms with Crippen molar-refractivity contribution < 1.29 is 27.5 Å². The molecule has 1 aromatic carbocycles. The molecular formula is C25H24F3N7O3. The summed E-state index contributed by atoms with van der Waals surface area (Å²) in [5.41, 5.74) is 10.1. The van der Waals surface area contributed by atoms with Crippen LogP contribution in [0.25, 0.3) is 21.8 Å². The number of ether oxygens (including phenoxy) is 1. The number of benzene rings is 1. The van der Waals surface area contributed by atoms with Crippen LogP contribution in [0, 0.1) is 0 Å². The number of alkyl halides is 3. The summed E-state index contributed by atoms with van der Waals surface area (Å²) in [5, 5.41) is 6.58. The average molecular weight is 528 g/mol. The fourth-order valence-electron chi connectivity index (χ4n) is 4.67. The zero-order valence-corrected chi connectivity index (χ0v) is 20.5. The predicted octanol–water partition coefficient (Wildman–Crippen LogP) is 3.31. The Hall–Kier alpha value is -4.26. The van der Waals surface area contributed by atoms with Gasteiger partial charge >= 0.3 is 6.18 Å². The normalized spacial score (nSPS) is 15.8. The molecule has 5 rings (SSSR count). The van der Waals surface area contributed by atoms with Gasteiger partial charge in [-0.25, -0.2) is 9.99 Å².